The van der Waals surface area contributed by atoms with Crippen LogP contribution in [0.25, 0.3) is 0 Å². The van der Waals surface area contributed by atoms with Crippen LogP contribution in [0.1, 0.15) is 16.8 Å². The Kier molecular flexibility index (Phi) is 4.96. The summed E-state index contributed by atoms with van der Waals surface area (Å²) in [6.07, 6.45) is -0.0419. The number of carbonyl (C=O) groups is 3. The predicted octanol–water partition coefficient (Wildman–Crippen LogP) is 3.48. The first-order chi connectivity index (χ1) is 11.9. The molecule has 6 nitrogen and oxygen atoms in total. The van der Waals surface area contributed by atoms with Gasteiger partial charge >= 0.3 is 5.97 Å². The molecule has 0 saturated carbocycles. The van der Waals surface area contributed by atoms with Crippen molar-refractivity contribution in [1.82, 2.24) is 0 Å². The lowest BCUT2D eigenvalue weighted by Gasteiger charge is -2.24. The lowest BCUT2D eigenvalue weighted by molar-refractivity contribution is -0.120. The number of halogens is 1. The molecule has 1 heterocycles. The largest absolute Gasteiger partial charge is 0.478 e. The van der Waals surface area contributed by atoms with E-state index in [0.29, 0.717) is 21.3 Å². The van der Waals surface area contributed by atoms with E-state index in [-0.39, 0.29) is 23.8 Å². The fraction of sp³-hybridized carbons (Fsp3) is 0.118. The number of thioether (sulfide) groups is 1. The third-order valence-electron chi connectivity index (χ3n) is 3.53. The summed E-state index contributed by atoms with van der Waals surface area (Å²) in [6.45, 7) is 0. The maximum absolute atomic E-state index is 12.2. The second kappa shape index (κ2) is 7.16. The number of benzene rings is 2. The average molecular weight is 377 g/mol. The molecule has 128 valence electrons. The van der Waals surface area contributed by atoms with Gasteiger partial charge < -0.3 is 15.7 Å². The number of hydrogen-bond donors (Lipinski definition) is 3. The van der Waals surface area contributed by atoms with Gasteiger partial charge in [-0.15, -0.1) is 11.8 Å². The Bertz CT molecular complexity index is 871. The molecule has 0 radical (unpaired) electrons. The van der Waals surface area contributed by atoms with Crippen molar-refractivity contribution in [2.24, 2.45) is 0 Å². The summed E-state index contributed by atoms with van der Waals surface area (Å²) < 4.78 is 0. The molecule has 1 atom stereocenters. The number of carboxylic acids is 1. The van der Waals surface area contributed by atoms with E-state index in [9.17, 15) is 14.4 Å². The van der Waals surface area contributed by atoms with Gasteiger partial charge in [0.15, 0.2) is 0 Å². The minimum Gasteiger partial charge on any atom is -0.478 e. The summed E-state index contributed by atoms with van der Waals surface area (Å²) >= 11 is 7.05. The molecule has 1 unspecified atom stereocenters. The van der Waals surface area contributed by atoms with Crippen LogP contribution in [0.2, 0.25) is 5.02 Å². The van der Waals surface area contributed by atoms with Gasteiger partial charge in [-0.3, -0.25) is 9.59 Å². The first-order valence-electron chi connectivity index (χ1n) is 7.32. The maximum atomic E-state index is 12.2. The molecular formula is C17H13ClN2O4S. The molecule has 3 rings (SSSR count). The van der Waals surface area contributed by atoms with Crippen molar-refractivity contribution in [1.29, 1.82) is 0 Å². The standard InChI is InChI=1S/C17H13ClN2O4S/c18-10-2-1-3-11(7-10)19-15(21)8-14-16(22)20-12-5-4-9(17(23)24)6-13(12)25-14/h1-7,14H,8H2,(H,19,21)(H,20,22)(H,23,24). The van der Waals surface area contributed by atoms with Crippen LogP contribution in [0.15, 0.2) is 47.4 Å². The maximum Gasteiger partial charge on any atom is 0.335 e. The molecule has 1 aliphatic heterocycles. The van der Waals surface area contributed by atoms with Crippen molar-refractivity contribution < 1.29 is 19.5 Å². The molecule has 25 heavy (non-hydrogen) atoms. The zero-order valence-corrected chi connectivity index (χ0v) is 14.4. The van der Waals surface area contributed by atoms with Crippen LogP contribution in [-0.2, 0) is 9.59 Å². The number of anilines is 2. The first kappa shape index (κ1) is 17.3. The van der Waals surface area contributed by atoms with E-state index >= 15 is 0 Å². The Hall–Kier alpha value is -2.51. The summed E-state index contributed by atoms with van der Waals surface area (Å²) in [5.74, 6) is -1.66. The van der Waals surface area contributed by atoms with Crippen LogP contribution >= 0.6 is 23.4 Å². The van der Waals surface area contributed by atoms with Crippen LogP contribution in [-0.4, -0.2) is 28.1 Å². The van der Waals surface area contributed by atoms with E-state index in [2.05, 4.69) is 10.6 Å². The Morgan fingerprint density at radius 2 is 2.04 bits per heavy atom. The lowest BCUT2D eigenvalue weighted by Crippen LogP contribution is -2.32. The van der Waals surface area contributed by atoms with Gasteiger partial charge in [0.2, 0.25) is 11.8 Å². The number of carboxylic acid groups (broad SMARTS) is 1. The van der Waals surface area contributed by atoms with Gasteiger partial charge in [0, 0.05) is 22.0 Å². The SMILES string of the molecule is O=C(CC1Sc2cc(C(=O)O)ccc2NC1=O)Nc1cccc(Cl)c1. The van der Waals surface area contributed by atoms with E-state index in [1.165, 1.54) is 23.9 Å². The van der Waals surface area contributed by atoms with Crippen molar-refractivity contribution in [3.8, 4) is 0 Å². The molecule has 3 N–H and O–H groups in total. The number of amides is 2. The molecule has 0 aliphatic carbocycles. The topological polar surface area (TPSA) is 95.5 Å². The second-order valence-corrected chi connectivity index (χ2v) is 7.06. The fourth-order valence-corrected chi connectivity index (χ4v) is 3.70. The van der Waals surface area contributed by atoms with E-state index in [1.807, 2.05) is 0 Å². The molecule has 2 aromatic rings. The van der Waals surface area contributed by atoms with Crippen molar-refractivity contribution >= 4 is 52.5 Å². The van der Waals surface area contributed by atoms with Gasteiger partial charge in [-0.05, 0) is 36.4 Å². The highest BCUT2D eigenvalue weighted by molar-refractivity contribution is 8.01. The van der Waals surface area contributed by atoms with Crippen LogP contribution in [0.4, 0.5) is 11.4 Å². The number of aromatic carboxylic acids is 1. The third kappa shape index (κ3) is 4.12. The Morgan fingerprint density at radius 1 is 1.24 bits per heavy atom. The fourth-order valence-electron chi connectivity index (χ4n) is 2.36. The zero-order chi connectivity index (χ0) is 18.0. The molecule has 8 heteroatoms. The number of rotatable bonds is 4. The van der Waals surface area contributed by atoms with Crippen molar-refractivity contribution in [3.63, 3.8) is 0 Å². The van der Waals surface area contributed by atoms with Crippen molar-refractivity contribution in [3.05, 3.63) is 53.1 Å². The smallest absolute Gasteiger partial charge is 0.335 e. The normalized spacial score (nSPS) is 15.9. The molecule has 0 bridgehead atoms. The highest BCUT2D eigenvalue weighted by atomic mass is 35.5. The van der Waals surface area contributed by atoms with E-state index in [1.54, 1.807) is 30.3 Å². The van der Waals surface area contributed by atoms with Gasteiger partial charge in [0.05, 0.1) is 16.5 Å². The van der Waals surface area contributed by atoms with Gasteiger partial charge in [0.1, 0.15) is 0 Å². The predicted molar refractivity (Wildman–Crippen MR) is 96.4 cm³/mol. The van der Waals surface area contributed by atoms with Gasteiger partial charge in [0.25, 0.3) is 0 Å². The Balaban J connectivity index is 1.70. The van der Waals surface area contributed by atoms with Gasteiger partial charge in [-0.1, -0.05) is 17.7 Å². The van der Waals surface area contributed by atoms with Crippen LogP contribution in [0.5, 0.6) is 0 Å². The minimum atomic E-state index is -1.05. The quantitative estimate of drug-likeness (QED) is 0.759. The molecule has 1 aliphatic rings. The molecule has 0 aromatic heterocycles. The molecule has 2 amide bonds. The molecular weight excluding hydrogens is 364 g/mol. The van der Waals surface area contributed by atoms with E-state index in [4.69, 9.17) is 16.7 Å². The van der Waals surface area contributed by atoms with Crippen LogP contribution in [0, 0.1) is 0 Å². The van der Waals surface area contributed by atoms with E-state index in [0.717, 1.165) is 0 Å². The average Bonchev–Trinajstić information content (AvgIpc) is 2.55. The van der Waals surface area contributed by atoms with Crippen molar-refractivity contribution in [2.45, 2.75) is 16.6 Å². The number of hydrogen-bond acceptors (Lipinski definition) is 4. The minimum absolute atomic E-state index is 0.0419. The summed E-state index contributed by atoms with van der Waals surface area (Å²) in [7, 11) is 0. The van der Waals surface area contributed by atoms with Crippen LogP contribution < -0.4 is 10.6 Å². The Morgan fingerprint density at radius 3 is 2.76 bits per heavy atom. The van der Waals surface area contributed by atoms with Gasteiger partial charge in [-0.25, -0.2) is 4.79 Å². The lowest BCUT2D eigenvalue weighted by atomic mass is 10.2. The van der Waals surface area contributed by atoms with Crippen LogP contribution in [0.3, 0.4) is 0 Å². The first-order valence-corrected chi connectivity index (χ1v) is 8.58. The zero-order valence-electron chi connectivity index (χ0n) is 12.8. The monoisotopic (exact) mass is 376 g/mol. The molecule has 0 saturated heterocycles. The van der Waals surface area contributed by atoms with Gasteiger partial charge in [-0.2, -0.15) is 0 Å². The summed E-state index contributed by atoms with van der Waals surface area (Å²) in [6, 6.07) is 11.2. The number of fused-ring (bicyclic) bond motifs is 1. The molecule has 2 aromatic carbocycles. The summed E-state index contributed by atoms with van der Waals surface area (Å²) in [5, 5.41) is 14.3. The third-order valence-corrected chi connectivity index (χ3v) is 5.02. The van der Waals surface area contributed by atoms with Crippen molar-refractivity contribution in [2.75, 3.05) is 10.6 Å². The van der Waals surface area contributed by atoms with E-state index < -0.39 is 11.2 Å². The highest BCUT2D eigenvalue weighted by Crippen LogP contribution is 2.37. The number of carbonyl (C=O) groups excluding carboxylic acids is 2. The number of nitrogens with one attached hydrogen (secondary N) is 2. The molecule has 0 fully saturated rings. The summed E-state index contributed by atoms with van der Waals surface area (Å²) in [4.78, 5) is 36.0. The molecule has 0 spiro atoms. The highest BCUT2D eigenvalue weighted by Gasteiger charge is 2.29. The summed E-state index contributed by atoms with van der Waals surface area (Å²) in [5.41, 5.74) is 1.23. The Labute approximate surface area is 152 Å². The second-order valence-electron chi connectivity index (χ2n) is 5.37.